The highest BCUT2D eigenvalue weighted by Crippen LogP contribution is 2.30. The van der Waals surface area contributed by atoms with Gasteiger partial charge in [0.15, 0.2) is 5.69 Å². The van der Waals surface area contributed by atoms with Gasteiger partial charge < -0.3 is 0 Å². The van der Waals surface area contributed by atoms with Gasteiger partial charge in [-0.3, -0.25) is 0 Å². The Kier molecular flexibility index (Phi) is 3.04. The maximum Gasteiger partial charge on any atom is 0.434 e. The Balaban J connectivity index is 3.46. The standard InChI is InChI=1S/C8H2F4N4/c9-7-4(3-14)6(8(10,11)12)15-5(16-7)1-2-13/h1H2. The van der Waals surface area contributed by atoms with Crippen LogP contribution in [0.5, 0.6) is 0 Å². The lowest BCUT2D eigenvalue weighted by atomic mass is 10.2. The molecule has 0 spiro atoms. The predicted molar refractivity (Wildman–Crippen MR) is 41.0 cm³/mol. The van der Waals surface area contributed by atoms with Crippen molar-refractivity contribution in [3.8, 4) is 12.1 Å². The van der Waals surface area contributed by atoms with Crippen LogP contribution in [0, 0.1) is 28.6 Å². The Bertz CT molecular complexity index is 494. The summed E-state index contributed by atoms with van der Waals surface area (Å²) in [7, 11) is 0. The number of nitriles is 2. The van der Waals surface area contributed by atoms with Crippen molar-refractivity contribution in [1.29, 1.82) is 10.5 Å². The highest BCUT2D eigenvalue weighted by Gasteiger charge is 2.38. The van der Waals surface area contributed by atoms with E-state index in [0.717, 1.165) is 6.07 Å². The molecule has 0 aliphatic heterocycles. The zero-order valence-electron chi connectivity index (χ0n) is 7.51. The average Bonchev–Trinajstić information content (AvgIpc) is 2.16. The van der Waals surface area contributed by atoms with Gasteiger partial charge in [0.1, 0.15) is 17.5 Å². The predicted octanol–water partition coefficient (Wildman–Crippen LogP) is 1.57. The monoisotopic (exact) mass is 230 g/mol. The fraction of sp³-hybridized carbons (Fsp3) is 0.250. The lowest BCUT2D eigenvalue weighted by molar-refractivity contribution is -0.141. The summed E-state index contributed by atoms with van der Waals surface area (Å²) in [6, 6.07) is 2.52. The molecule has 0 aliphatic rings. The van der Waals surface area contributed by atoms with Crippen molar-refractivity contribution in [1.82, 2.24) is 9.97 Å². The van der Waals surface area contributed by atoms with Crippen LogP contribution in [0.2, 0.25) is 0 Å². The summed E-state index contributed by atoms with van der Waals surface area (Å²) in [4.78, 5) is 5.93. The molecule has 16 heavy (non-hydrogen) atoms. The Morgan fingerprint density at radius 3 is 2.25 bits per heavy atom. The van der Waals surface area contributed by atoms with Crippen LogP contribution in [0.3, 0.4) is 0 Å². The van der Waals surface area contributed by atoms with E-state index in [0.29, 0.717) is 0 Å². The maximum atomic E-state index is 13.0. The first-order valence-corrected chi connectivity index (χ1v) is 3.80. The number of aromatic nitrogens is 2. The van der Waals surface area contributed by atoms with Gasteiger partial charge in [0.05, 0.1) is 12.5 Å². The molecule has 0 unspecified atom stereocenters. The second-order valence-corrected chi connectivity index (χ2v) is 2.60. The van der Waals surface area contributed by atoms with Gasteiger partial charge in [-0.25, -0.2) is 9.97 Å². The van der Waals surface area contributed by atoms with Gasteiger partial charge in [-0.15, -0.1) is 0 Å². The first kappa shape index (κ1) is 11.9. The quantitative estimate of drug-likeness (QED) is 0.542. The van der Waals surface area contributed by atoms with Crippen LogP contribution in [0.15, 0.2) is 0 Å². The molecule has 0 bridgehead atoms. The number of rotatable bonds is 1. The Morgan fingerprint density at radius 2 is 1.81 bits per heavy atom. The third-order valence-electron chi connectivity index (χ3n) is 1.53. The number of alkyl halides is 3. The molecule has 0 atom stereocenters. The van der Waals surface area contributed by atoms with Crippen LogP contribution in [0.4, 0.5) is 17.6 Å². The van der Waals surface area contributed by atoms with Crippen molar-refractivity contribution >= 4 is 0 Å². The highest BCUT2D eigenvalue weighted by atomic mass is 19.4. The fourth-order valence-electron chi connectivity index (χ4n) is 0.931. The molecular formula is C8H2F4N4. The molecule has 0 fully saturated rings. The van der Waals surface area contributed by atoms with Crippen molar-refractivity contribution in [2.75, 3.05) is 0 Å². The normalized spacial score (nSPS) is 10.6. The van der Waals surface area contributed by atoms with Gasteiger partial charge in [-0.1, -0.05) is 0 Å². The molecule has 0 N–H and O–H groups in total. The molecule has 1 heterocycles. The molecule has 82 valence electrons. The topological polar surface area (TPSA) is 73.4 Å². The summed E-state index contributed by atoms with van der Waals surface area (Å²) in [6.07, 6.45) is -5.52. The van der Waals surface area contributed by atoms with Gasteiger partial charge >= 0.3 is 6.18 Å². The molecule has 1 aromatic heterocycles. The first-order chi connectivity index (χ1) is 7.40. The molecule has 0 radical (unpaired) electrons. The van der Waals surface area contributed by atoms with Crippen LogP contribution in [-0.4, -0.2) is 9.97 Å². The minimum absolute atomic E-state index is 0.564. The van der Waals surface area contributed by atoms with Gasteiger partial charge in [-0.05, 0) is 0 Å². The van der Waals surface area contributed by atoms with Crippen LogP contribution >= 0.6 is 0 Å². The summed E-state index contributed by atoms with van der Waals surface area (Å²) in [5, 5.41) is 16.6. The summed E-state index contributed by atoms with van der Waals surface area (Å²) in [6.45, 7) is 0. The van der Waals surface area contributed by atoms with Gasteiger partial charge in [0.25, 0.3) is 0 Å². The minimum Gasteiger partial charge on any atom is -0.226 e. The number of halogens is 4. The molecule has 0 aliphatic carbocycles. The van der Waals surface area contributed by atoms with E-state index in [9.17, 15) is 17.6 Å². The SMILES string of the molecule is N#CCc1nc(F)c(C#N)c(C(F)(F)F)n1. The minimum atomic E-state index is -4.96. The summed E-state index contributed by atoms with van der Waals surface area (Å²) in [5.74, 6) is -2.18. The van der Waals surface area contributed by atoms with Crippen molar-refractivity contribution in [2.24, 2.45) is 0 Å². The molecule has 1 rings (SSSR count). The maximum absolute atomic E-state index is 13.0. The van der Waals surface area contributed by atoms with E-state index in [1.165, 1.54) is 6.07 Å². The van der Waals surface area contributed by atoms with E-state index in [2.05, 4.69) is 9.97 Å². The molecule has 8 heteroatoms. The van der Waals surface area contributed by atoms with Gasteiger partial charge in [-0.2, -0.15) is 28.1 Å². The smallest absolute Gasteiger partial charge is 0.226 e. The Morgan fingerprint density at radius 1 is 1.19 bits per heavy atom. The van der Waals surface area contributed by atoms with Crippen LogP contribution in [0.25, 0.3) is 0 Å². The second kappa shape index (κ2) is 4.11. The molecule has 0 amide bonds. The number of hydrogen-bond donors (Lipinski definition) is 0. The van der Waals surface area contributed by atoms with E-state index >= 15 is 0 Å². The van der Waals surface area contributed by atoms with Crippen molar-refractivity contribution in [2.45, 2.75) is 12.6 Å². The largest absolute Gasteiger partial charge is 0.434 e. The van der Waals surface area contributed by atoms with Gasteiger partial charge in [0, 0.05) is 0 Å². The average molecular weight is 230 g/mol. The lowest BCUT2D eigenvalue weighted by Gasteiger charge is -2.08. The second-order valence-electron chi connectivity index (χ2n) is 2.60. The summed E-state index contributed by atoms with van der Waals surface area (Å²) < 4.78 is 50.0. The molecular weight excluding hydrogens is 228 g/mol. The van der Waals surface area contributed by atoms with E-state index < -0.39 is 35.6 Å². The Labute approximate surface area is 86.8 Å². The van der Waals surface area contributed by atoms with E-state index in [1.807, 2.05) is 0 Å². The molecule has 0 saturated heterocycles. The van der Waals surface area contributed by atoms with Gasteiger partial charge in [0.2, 0.25) is 5.95 Å². The van der Waals surface area contributed by atoms with Crippen LogP contribution < -0.4 is 0 Å². The van der Waals surface area contributed by atoms with Crippen molar-refractivity contribution < 1.29 is 17.6 Å². The zero-order chi connectivity index (χ0) is 12.3. The summed E-state index contributed by atoms with van der Waals surface area (Å²) in [5.41, 5.74) is -2.93. The van der Waals surface area contributed by atoms with E-state index in [1.54, 1.807) is 0 Å². The third-order valence-corrected chi connectivity index (χ3v) is 1.53. The van der Waals surface area contributed by atoms with E-state index in [-0.39, 0.29) is 0 Å². The van der Waals surface area contributed by atoms with Crippen LogP contribution in [-0.2, 0) is 12.6 Å². The highest BCUT2D eigenvalue weighted by molar-refractivity contribution is 5.34. The van der Waals surface area contributed by atoms with Crippen molar-refractivity contribution in [3.05, 3.63) is 23.0 Å². The van der Waals surface area contributed by atoms with Crippen LogP contribution in [0.1, 0.15) is 17.1 Å². The van der Waals surface area contributed by atoms with E-state index in [4.69, 9.17) is 10.5 Å². The zero-order valence-corrected chi connectivity index (χ0v) is 7.51. The lowest BCUT2D eigenvalue weighted by Crippen LogP contribution is -2.15. The third kappa shape index (κ3) is 2.23. The van der Waals surface area contributed by atoms with Crippen molar-refractivity contribution in [3.63, 3.8) is 0 Å². The summed E-state index contributed by atoms with van der Waals surface area (Å²) >= 11 is 0. The molecule has 1 aromatic rings. The first-order valence-electron chi connectivity index (χ1n) is 3.80. The Hall–Kier alpha value is -2.22. The molecule has 0 saturated carbocycles. The fourth-order valence-corrected chi connectivity index (χ4v) is 0.931. The number of hydrogen-bond acceptors (Lipinski definition) is 4. The number of nitrogens with zero attached hydrogens (tertiary/aromatic N) is 4. The molecule has 0 aromatic carbocycles. The molecule has 4 nitrogen and oxygen atoms in total.